The van der Waals surface area contributed by atoms with E-state index < -0.39 is 38.2 Å². The van der Waals surface area contributed by atoms with Crippen LogP contribution in [-0.4, -0.2) is 15.0 Å². The van der Waals surface area contributed by atoms with Gasteiger partial charge in [0.05, 0.1) is 5.58 Å². The minimum atomic E-state index is -2.54. The van der Waals surface area contributed by atoms with E-state index in [4.69, 9.17) is 19.5 Å². The fraction of sp³-hybridized carbons (Fsp3) is 0.327. The molecule has 1 aliphatic carbocycles. The third-order valence-electron chi connectivity index (χ3n) is 9.69. The normalized spacial score (nSPS) is 19.2. The second-order valence-electron chi connectivity index (χ2n) is 15.5. The van der Waals surface area contributed by atoms with E-state index in [-0.39, 0.29) is 47.9 Å². The summed E-state index contributed by atoms with van der Waals surface area (Å²) in [5, 5.41) is 1.82. The second kappa shape index (κ2) is 16.1. The van der Waals surface area contributed by atoms with E-state index in [1.807, 2.05) is 51.1 Å². The van der Waals surface area contributed by atoms with Gasteiger partial charge in [0.1, 0.15) is 5.58 Å². The Hall–Kier alpha value is -4.44. The van der Waals surface area contributed by atoms with Crippen molar-refractivity contribution in [2.75, 3.05) is 0 Å². The molecule has 8 rings (SSSR count). The van der Waals surface area contributed by atoms with E-state index in [9.17, 15) is 1.37 Å². The molecule has 0 spiro atoms. The van der Waals surface area contributed by atoms with Gasteiger partial charge in [0.25, 0.3) is 0 Å². The van der Waals surface area contributed by atoms with Gasteiger partial charge in [0.15, 0.2) is 0 Å². The number of aryl methyl sites for hydroxylation is 3. The van der Waals surface area contributed by atoms with E-state index in [2.05, 4.69) is 41.1 Å². The molecule has 0 N–H and O–H groups in total. The molecule has 1 fully saturated rings. The SMILES string of the molecule is [2H]C([2H])([2H])c1ccc(-c2ccc(C([2H])([2H])C(C)(C)C)cn2)[c-]n1.[2H]C([2H])([2H])c1cnc(-c2[c-]ccc3c2oc2ccccc23)cc1-c1ccc(C2([2H])CCC(C)(C)CC2)cc1C([2H])([2H])[2H].[Ir]. The molecule has 0 atom stereocenters. The molecular weight excluding hydrogens is 839 g/mol. The zero-order valence-corrected chi connectivity index (χ0v) is 33.5. The summed E-state index contributed by atoms with van der Waals surface area (Å²) in [6.07, 6.45) is 7.01. The number of nitrogens with zero attached hydrogens (tertiary/aromatic N) is 3. The van der Waals surface area contributed by atoms with Gasteiger partial charge in [0, 0.05) is 54.3 Å². The Balaban J connectivity index is 0.000000255. The standard InChI is InChI=1S/C33H32NO.C16H19N2.Ir/c1-21-18-24(23-14-16-33(3,4)17-15-23)12-13-25(21)29-19-30(34-20-22(29)2)28-10-7-9-27-26-8-5-6-11-31(26)35-32(27)28;1-12-5-7-14(11-17-12)15-8-6-13(10-18-15)9-16(2,3)4;/h5-9,11-13,18-20,23H,14-17H2,1-4H3;5-8,10H,9H2,1-4H3;/q2*-1;/i1D3,2D3,23D;1D3,9D2;. The summed E-state index contributed by atoms with van der Waals surface area (Å²) in [5.74, 6) is -0.893. The first-order chi connectivity index (χ1) is 30.1. The Morgan fingerprint density at radius 2 is 1.65 bits per heavy atom. The molecule has 0 aliphatic heterocycles. The molecule has 54 heavy (non-hydrogen) atoms. The Bertz CT molecular complexity index is 2830. The van der Waals surface area contributed by atoms with Crippen LogP contribution < -0.4 is 0 Å². The predicted molar refractivity (Wildman–Crippen MR) is 220 cm³/mol. The first kappa shape index (κ1) is 26.4. The molecule has 5 heteroatoms. The first-order valence-corrected chi connectivity index (χ1v) is 17.9. The number of aromatic nitrogens is 3. The summed E-state index contributed by atoms with van der Waals surface area (Å²) in [6.45, 7) is 2.59. The molecule has 0 unspecified atom stereocenters. The van der Waals surface area contributed by atoms with Crippen LogP contribution >= 0.6 is 0 Å². The maximum absolute atomic E-state index is 9.23. The summed E-state index contributed by atoms with van der Waals surface area (Å²) < 4.78 is 104. The van der Waals surface area contributed by atoms with Crippen LogP contribution in [0.3, 0.4) is 0 Å². The first-order valence-electron chi connectivity index (χ1n) is 23.9. The largest absolute Gasteiger partial charge is 0.501 e. The van der Waals surface area contributed by atoms with Crippen LogP contribution in [0.4, 0.5) is 0 Å². The topological polar surface area (TPSA) is 51.8 Å². The number of rotatable bonds is 5. The molecule has 0 saturated heterocycles. The van der Waals surface area contributed by atoms with Crippen molar-refractivity contribution in [1.29, 1.82) is 0 Å². The van der Waals surface area contributed by atoms with Crippen LogP contribution in [0.2, 0.25) is 0 Å². The van der Waals surface area contributed by atoms with Crippen LogP contribution in [0, 0.1) is 43.6 Å². The van der Waals surface area contributed by atoms with Gasteiger partial charge in [-0.25, -0.2) is 0 Å². The van der Waals surface area contributed by atoms with Gasteiger partial charge in [0.2, 0.25) is 0 Å². The Labute approximate surface area is 352 Å². The summed E-state index contributed by atoms with van der Waals surface area (Å²) in [6, 6.07) is 27.7. The Kier molecular flexibility index (Phi) is 7.87. The van der Waals surface area contributed by atoms with Crippen molar-refractivity contribution in [3.63, 3.8) is 0 Å². The smallest absolute Gasteiger partial charge is 0.120 e. The van der Waals surface area contributed by atoms with Crippen molar-refractivity contribution in [2.45, 2.75) is 93.1 Å². The van der Waals surface area contributed by atoms with Crippen molar-refractivity contribution in [3.05, 3.63) is 138 Å². The van der Waals surface area contributed by atoms with Crippen LogP contribution in [0.25, 0.3) is 55.6 Å². The number of pyridine rings is 3. The van der Waals surface area contributed by atoms with Gasteiger partial charge in [-0.1, -0.05) is 107 Å². The van der Waals surface area contributed by atoms with Crippen molar-refractivity contribution >= 4 is 21.9 Å². The van der Waals surface area contributed by atoms with Crippen molar-refractivity contribution in [3.8, 4) is 33.6 Å². The minimum absolute atomic E-state index is 0. The molecule has 1 radical (unpaired) electrons. The predicted octanol–water partition coefficient (Wildman–Crippen LogP) is 13.3. The molecule has 0 bridgehead atoms. The second-order valence-corrected chi connectivity index (χ2v) is 15.5. The number of furan rings is 1. The molecule has 4 aromatic heterocycles. The van der Waals surface area contributed by atoms with E-state index in [1.165, 1.54) is 18.5 Å². The molecule has 4 heterocycles. The van der Waals surface area contributed by atoms with E-state index in [0.717, 1.165) is 23.6 Å². The van der Waals surface area contributed by atoms with Gasteiger partial charge < -0.3 is 19.4 Å². The van der Waals surface area contributed by atoms with E-state index in [1.54, 1.807) is 48.5 Å². The molecule has 1 aliphatic rings. The van der Waals surface area contributed by atoms with Crippen LogP contribution in [0.15, 0.2) is 102 Å². The zero-order valence-electron chi connectivity index (χ0n) is 43.1. The van der Waals surface area contributed by atoms with Crippen LogP contribution in [0.5, 0.6) is 0 Å². The van der Waals surface area contributed by atoms with Crippen molar-refractivity contribution in [1.82, 2.24) is 15.0 Å². The van der Waals surface area contributed by atoms with Gasteiger partial charge in [-0.2, -0.15) is 0 Å². The van der Waals surface area contributed by atoms with Crippen molar-refractivity contribution in [2.24, 2.45) is 10.8 Å². The van der Waals surface area contributed by atoms with Gasteiger partial charge in [-0.15, -0.1) is 35.9 Å². The Morgan fingerprint density at radius 3 is 2.35 bits per heavy atom. The summed E-state index contributed by atoms with van der Waals surface area (Å²) in [4.78, 5) is 12.6. The number of benzene rings is 3. The monoisotopic (exact) mass is 902 g/mol. The Morgan fingerprint density at radius 1 is 0.852 bits per heavy atom. The summed E-state index contributed by atoms with van der Waals surface area (Å²) in [5.41, 5.74) is 4.71. The molecular formula is C49H51IrN3O-2. The molecule has 7 aromatic rings. The van der Waals surface area contributed by atoms with Crippen LogP contribution in [-0.2, 0) is 26.5 Å². The molecule has 1 saturated carbocycles. The number of para-hydroxylation sites is 1. The van der Waals surface area contributed by atoms with Crippen LogP contribution in [0.1, 0.15) is 111 Å². The maximum atomic E-state index is 9.23. The third-order valence-corrected chi connectivity index (χ3v) is 9.69. The maximum Gasteiger partial charge on any atom is 0.120 e. The average molecular weight is 902 g/mol. The fourth-order valence-corrected chi connectivity index (χ4v) is 6.77. The molecule has 279 valence electrons. The number of hydrogen-bond acceptors (Lipinski definition) is 4. The zero-order chi connectivity index (χ0) is 47.5. The number of fused-ring (bicyclic) bond motifs is 3. The molecule has 3 aromatic carbocycles. The summed E-state index contributed by atoms with van der Waals surface area (Å²) >= 11 is 0. The van der Waals surface area contributed by atoms with Gasteiger partial charge in [-0.3, -0.25) is 0 Å². The van der Waals surface area contributed by atoms with Crippen molar-refractivity contribution < 1.29 is 41.0 Å². The van der Waals surface area contributed by atoms with Gasteiger partial charge in [-0.05, 0) is 125 Å². The minimum Gasteiger partial charge on any atom is -0.501 e. The fourth-order valence-electron chi connectivity index (χ4n) is 6.77. The average Bonchev–Trinajstić information content (AvgIpc) is 3.62. The summed E-state index contributed by atoms with van der Waals surface area (Å²) in [7, 11) is 0. The van der Waals surface area contributed by atoms with E-state index in [0.29, 0.717) is 63.2 Å². The van der Waals surface area contributed by atoms with Gasteiger partial charge >= 0.3 is 0 Å². The molecule has 0 amide bonds. The molecule has 4 nitrogen and oxygen atoms in total. The number of hydrogen-bond donors (Lipinski definition) is 0. The third kappa shape index (κ3) is 8.91. The van der Waals surface area contributed by atoms with E-state index >= 15 is 0 Å². The quantitative estimate of drug-likeness (QED) is 0.162.